The fraction of sp³-hybridized carbons (Fsp3) is 0.538. The second kappa shape index (κ2) is 6.85. The highest BCUT2D eigenvalue weighted by Gasteiger charge is 2.27. The third-order valence-electron chi connectivity index (χ3n) is 3.49. The second-order valence-electron chi connectivity index (χ2n) is 5.02. The largest absolute Gasteiger partial charge is 0.313 e. The maximum atomic E-state index is 13.0. The quantitative estimate of drug-likeness (QED) is 0.894. The van der Waals surface area contributed by atoms with Gasteiger partial charge in [-0.2, -0.15) is 0 Å². The van der Waals surface area contributed by atoms with E-state index in [1.165, 1.54) is 18.2 Å². The van der Waals surface area contributed by atoms with Gasteiger partial charge in [0, 0.05) is 12.1 Å². The van der Waals surface area contributed by atoms with Gasteiger partial charge in [0.1, 0.15) is 5.82 Å². The molecule has 0 aliphatic carbocycles. The Morgan fingerprint density at radius 3 is 2.70 bits per heavy atom. The van der Waals surface area contributed by atoms with Crippen molar-refractivity contribution in [3.63, 3.8) is 0 Å². The van der Waals surface area contributed by atoms with Crippen molar-refractivity contribution in [1.82, 2.24) is 10.0 Å². The van der Waals surface area contributed by atoms with Gasteiger partial charge in [0.05, 0.1) is 4.90 Å². The minimum Gasteiger partial charge on any atom is -0.313 e. The van der Waals surface area contributed by atoms with Crippen LogP contribution in [0.2, 0.25) is 0 Å². The van der Waals surface area contributed by atoms with Crippen molar-refractivity contribution < 1.29 is 12.8 Å². The second-order valence-corrected chi connectivity index (χ2v) is 6.71. The van der Waals surface area contributed by atoms with E-state index in [0.29, 0.717) is 5.56 Å². The summed E-state index contributed by atoms with van der Waals surface area (Å²) < 4.78 is 40.4. The summed E-state index contributed by atoms with van der Waals surface area (Å²) in [5.41, 5.74) is 0.420. The Morgan fingerprint density at radius 2 is 2.10 bits per heavy atom. The van der Waals surface area contributed by atoms with E-state index >= 15 is 0 Å². The predicted octanol–water partition coefficient (Wildman–Crippen LogP) is 1.97. The van der Waals surface area contributed by atoms with E-state index in [0.717, 1.165) is 19.4 Å². The van der Waals surface area contributed by atoms with Crippen LogP contribution < -0.4 is 10.0 Å². The number of piperidine rings is 1. The fourth-order valence-corrected chi connectivity index (χ4v) is 3.96. The van der Waals surface area contributed by atoms with Crippen molar-refractivity contribution >= 4 is 22.4 Å². The molecule has 20 heavy (non-hydrogen) atoms. The van der Waals surface area contributed by atoms with Crippen LogP contribution in [0.3, 0.4) is 0 Å². The van der Waals surface area contributed by atoms with Crippen LogP contribution >= 0.6 is 12.4 Å². The maximum Gasteiger partial charge on any atom is 0.241 e. The zero-order valence-electron chi connectivity index (χ0n) is 11.5. The Balaban J connectivity index is 0.00000200. The predicted molar refractivity (Wildman–Crippen MR) is 79.2 cm³/mol. The molecule has 7 heteroatoms. The monoisotopic (exact) mass is 322 g/mol. The molecule has 0 saturated carbocycles. The van der Waals surface area contributed by atoms with E-state index in [4.69, 9.17) is 0 Å². The average molecular weight is 323 g/mol. The Labute approximate surface area is 125 Å². The van der Waals surface area contributed by atoms with Crippen LogP contribution in [0.15, 0.2) is 23.1 Å². The topological polar surface area (TPSA) is 58.2 Å². The summed E-state index contributed by atoms with van der Waals surface area (Å²) in [7, 11) is -3.60. The standard InChI is InChI=1S/C13H19FN2O2S.ClH/c1-9-8-11(14)5-6-13(9)19(17,18)16-12-4-3-7-15-10(12)2;/h5-6,8,10,12,15-16H,3-4,7H2,1-2H3;1H. The van der Waals surface area contributed by atoms with Crippen molar-refractivity contribution in [2.45, 2.75) is 43.7 Å². The van der Waals surface area contributed by atoms with Crippen molar-refractivity contribution in [3.05, 3.63) is 29.6 Å². The van der Waals surface area contributed by atoms with E-state index in [-0.39, 0.29) is 29.4 Å². The molecule has 1 aromatic rings. The highest BCUT2D eigenvalue weighted by atomic mass is 35.5. The molecule has 1 aromatic carbocycles. The molecule has 1 aliphatic rings. The molecular formula is C13H20ClFN2O2S. The van der Waals surface area contributed by atoms with Gasteiger partial charge in [-0.3, -0.25) is 0 Å². The number of sulfonamides is 1. The number of halogens is 2. The number of rotatable bonds is 3. The van der Waals surface area contributed by atoms with E-state index < -0.39 is 15.8 Å². The highest BCUT2D eigenvalue weighted by Crippen LogP contribution is 2.18. The first-order valence-corrected chi connectivity index (χ1v) is 7.90. The summed E-state index contributed by atoms with van der Waals surface area (Å²) >= 11 is 0. The number of nitrogens with one attached hydrogen (secondary N) is 2. The maximum absolute atomic E-state index is 13.0. The summed E-state index contributed by atoms with van der Waals surface area (Å²) in [6.07, 6.45) is 1.76. The first-order valence-electron chi connectivity index (χ1n) is 6.42. The lowest BCUT2D eigenvalue weighted by molar-refractivity contribution is 0.348. The molecule has 0 bridgehead atoms. The van der Waals surface area contributed by atoms with Crippen LogP contribution in [-0.4, -0.2) is 27.0 Å². The van der Waals surface area contributed by atoms with Crippen LogP contribution in [0.1, 0.15) is 25.3 Å². The Kier molecular flexibility index (Phi) is 5.94. The van der Waals surface area contributed by atoms with Gasteiger partial charge in [-0.15, -0.1) is 12.4 Å². The summed E-state index contributed by atoms with van der Waals surface area (Å²) in [4.78, 5) is 0.145. The molecular weight excluding hydrogens is 303 g/mol. The summed E-state index contributed by atoms with van der Waals surface area (Å²) in [5.74, 6) is -0.427. The fourth-order valence-electron chi connectivity index (χ4n) is 2.38. The van der Waals surface area contributed by atoms with Crippen LogP contribution in [0, 0.1) is 12.7 Å². The number of benzene rings is 1. The molecule has 2 rings (SSSR count). The number of hydrogen-bond acceptors (Lipinski definition) is 3. The summed E-state index contributed by atoms with van der Waals surface area (Å²) in [5, 5.41) is 3.24. The molecule has 0 radical (unpaired) electrons. The normalized spacial score (nSPS) is 23.1. The van der Waals surface area contributed by atoms with Crippen LogP contribution in [-0.2, 0) is 10.0 Å². The molecule has 0 aromatic heterocycles. The minimum absolute atomic E-state index is 0. The Hall–Kier alpha value is -0.690. The van der Waals surface area contributed by atoms with Gasteiger partial charge in [0.15, 0.2) is 0 Å². The minimum atomic E-state index is -3.60. The van der Waals surface area contributed by atoms with E-state index in [1.54, 1.807) is 6.92 Å². The molecule has 2 unspecified atom stereocenters. The molecule has 0 spiro atoms. The lowest BCUT2D eigenvalue weighted by atomic mass is 10.0. The van der Waals surface area contributed by atoms with E-state index in [2.05, 4.69) is 10.0 Å². The molecule has 114 valence electrons. The molecule has 4 nitrogen and oxygen atoms in total. The van der Waals surface area contributed by atoms with Gasteiger partial charge < -0.3 is 5.32 Å². The van der Waals surface area contributed by atoms with Gasteiger partial charge in [-0.25, -0.2) is 17.5 Å². The summed E-state index contributed by atoms with van der Waals surface area (Å²) in [6.45, 7) is 4.47. The first-order chi connectivity index (χ1) is 8.90. The summed E-state index contributed by atoms with van der Waals surface area (Å²) in [6, 6.07) is 3.70. The van der Waals surface area contributed by atoms with Gasteiger partial charge in [-0.05, 0) is 57.0 Å². The SMILES string of the molecule is Cc1cc(F)ccc1S(=O)(=O)NC1CCCNC1C.Cl. The average Bonchev–Trinajstić information content (AvgIpc) is 2.31. The van der Waals surface area contributed by atoms with Crippen LogP contribution in [0.25, 0.3) is 0 Å². The van der Waals surface area contributed by atoms with Crippen molar-refractivity contribution in [2.24, 2.45) is 0 Å². The molecule has 2 atom stereocenters. The lowest BCUT2D eigenvalue weighted by Gasteiger charge is -2.30. The Bertz CT molecular complexity index is 565. The molecule has 1 aliphatic heterocycles. The molecule has 0 amide bonds. The van der Waals surface area contributed by atoms with Crippen molar-refractivity contribution in [3.8, 4) is 0 Å². The van der Waals surface area contributed by atoms with Gasteiger partial charge >= 0.3 is 0 Å². The smallest absolute Gasteiger partial charge is 0.241 e. The lowest BCUT2D eigenvalue weighted by Crippen LogP contribution is -2.51. The van der Waals surface area contributed by atoms with Gasteiger partial charge in [-0.1, -0.05) is 0 Å². The Morgan fingerprint density at radius 1 is 1.40 bits per heavy atom. The number of hydrogen-bond donors (Lipinski definition) is 2. The third kappa shape index (κ3) is 3.91. The van der Waals surface area contributed by atoms with Gasteiger partial charge in [0.25, 0.3) is 0 Å². The van der Waals surface area contributed by atoms with Crippen molar-refractivity contribution in [2.75, 3.05) is 6.54 Å². The van der Waals surface area contributed by atoms with Crippen molar-refractivity contribution in [1.29, 1.82) is 0 Å². The van der Waals surface area contributed by atoms with Gasteiger partial charge in [0.2, 0.25) is 10.0 Å². The van der Waals surface area contributed by atoms with E-state index in [9.17, 15) is 12.8 Å². The number of aryl methyl sites for hydroxylation is 1. The highest BCUT2D eigenvalue weighted by molar-refractivity contribution is 7.89. The van der Waals surface area contributed by atoms with E-state index in [1.807, 2.05) is 6.92 Å². The first kappa shape index (κ1) is 17.4. The molecule has 1 heterocycles. The zero-order chi connectivity index (χ0) is 14.0. The van der Waals surface area contributed by atoms with Crippen LogP contribution in [0.4, 0.5) is 4.39 Å². The molecule has 1 fully saturated rings. The zero-order valence-corrected chi connectivity index (χ0v) is 13.2. The van der Waals surface area contributed by atoms with Crippen LogP contribution in [0.5, 0.6) is 0 Å². The third-order valence-corrected chi connectivity index (χ3v) is 5.14. The molecule has 1 saturated heterocycles. The molecule has 2 N–H and O–H groups in total.